The summed E-state index contributed by atoms with van der Waals surface area (Å²) in [6.07, 6.45) is 2.87. The molecule has 2 heteroatoms. The van der Waals surface area contributed by atoms with Gasteiger partial charge in [0, 0.05) is 0 Å². The summed E-state index contributed by atoms with van der Waals surface area (Å²) < 4.78 is 0. The van der Waals surface area contributed by atoms with Gasteiger partial charge in [0.25, 0.3) is 0 Å². The summed E-state index contributed by atoms with van der Waals surface area (Å²) in [5.41, 5.74) is 0. The van der Waals surface area contributed by atoms with Crippen molar-refractivity contribution in [1.29, 1.82) is 0 Å². The fourth-order valence-corrected chi connectivity index (χ4v) is 2.01. The van der Waals surface area contributed by atoms with Gasteiger partial charge in [-0.1, -0.05) is 20.3 Å². The topological polar surface area (TPSA) is 40.5 Å². The molecule has 72 valence electrons. The predicted octanol–water partition coefficient (Wildman–Crippen LogP) is 1.55. The molecule has 1 aliphatic rings. The molecule has 2 nitrogen and oxygen atoms in total. The maximum Gasteiger partial charge on any atom is 0.0801 e. The molecule has 12 heavy (non-hydrogen) atoms. The second-order valence-electron chi connectivity index (χ2n) is 4.09. The second kappa shape index (κ2) is 4.24. The highest BCUT2D eigenvalue weighted by molar-refractivity contribution is 4.81. The molecule has 4 atom stereocenters. The lowest BCUT2D eigenvalue weighted by Crippen LogP contribution is -2.35. The SMILES string of the molecule is CCC(C)C1CCC(O)C(O)C1. The Morgan fingerprint density at radius 1 is 1.25 bits per heavy atom. The van der Waals surface area contributed by atoms with Crippen molar-refractivity contribution in [1.82, 2.24) is 0 Å². The van der Waals surface area contributed by atoms with Crippen LogP contribution in [0, 0.1) is 11.8 Å². The van der Waals surface area contributed by atoms with Crippen LogP contribution in [0.15, 0.2) is 0 Å². The number of hydrogen-bond donors (Lipinski definition) is 2. The highest BCUT2D eigenvalue weighted by Crippen LogP contribution is 2.31. The van der Waals surface area contributed by atoms with Crippen LogP contribution in [0.5, 0.6) is 0 Å². The zero-order valence-electron chi connectivity index (χ0n) is 8.03. The molecule has 0 heterocycles. The first kappa shape index (κ1) is 10.0. The zero-order chi connectivity index (χ0) is 9.14. The molecule has 1 fully saturated rings. The smallest absolute Gasteiger partial charge is 0.0801 e. The van der Waals surface area contributed by atoms with E-state index >= 15 is 0 Å². The van der Waals surface area contributed by atoms with Crippen molar-refractivity contribution in [2.45, 2.75) is 51.7 Å². The number of aliphatic hydroxyl groups is 2. The van der Waals surface area contributed by atoms with E-state index in [1.807, 2.05) is 0 Å². The van der Waals surface area contributed by atoms with E-state index in [4.69, 9.17) is 0 Å². The van der Waals surface area contributed by atoms with Crippen LogP contribution in [0.3, 0.4) is 0 Å². The van der Waals surface area contributed by atoms with E-state index in [0.29, 0.717) is 11.8 Å². The molecule has 0 aromatic rings. The van der Waals surface area contributed by atoms with Gasteiger partial charge in [-0.3, -0.25) is 0 Å². The lowest BCUT2D eigenvalue weighted by Gasteiger charge is -2.33. The summed E-state index contributed by atoms with van der Waals surface area (Å²) in [5.74, 6) is 1.31. The highest BCUT2D eigenvalue weighted by atomic mass is 16.3. The van der Waals surface area contributed by atoms with Crippen molar-refractivity contribution in [3.63, 3.8) is 0 Å². The molecule has 1 rings (SSSR count). The fourth-order valence-electron chi connectivity index (χ4n) is 2.01. The maximum absolute atomic E-state index is 9.44. The summed E-state index contributed by atoms with van der Waals surface area (Å²) in [5, 5.41) is 18.7. The monoisotopic (exact) mass is 172 g/mol. The van der Waals surface area contributed by atoms with Crippen LogP contribution in [-0.4, -0.2) is 22.4 Å². The molecular weight excluding hydrogens is 152 g/mol. The Morgan fingerprint density at radius 2 is 1.92 bits per heavy atom. The van der Waals surface area contributed by atoms with Gasteiger partial charge in [0.1, 0.15) is 0 Å². The Bertz CT molecular complexity index is 136. The van der Waals surface area contributed by atoms with Gasteiger partial charge in [0.15, 0.2) is 0 Å². The van der Waals surface area contributed by atoms with Crippen molar-refractivity contribution in [2.24, 2.45) is 11.8 Å². The second-order valence-corrected chi connectivity index (χ2v) is 4.09. The Balaban J connectivity index is 2.39. The van der Waals surface area contributed by atoms with E-state index in [9.17, 15) is 10.2 Å². The van der Waals surface area contributed by atoms with Gasteiger partial charge < -0.3 is 10.2 Å². The van der Waals surface area contributed by atoms with E-state index in [-0.39, 0.29) is 0 Å². The Kier molecular flexibility index (Phi) is 3.53. The van der Waals surface area contributed by atoms with Crippen LogP contribution < -0.4 is 0 Å². The van der Waals surface area contributed by atoms with Crippen LogP contribution >= 0.6 is 0 Å². The van der Waals surface area contributed by atoms with Gasteiger partial charge in [0.05, 0.1) is 12.2 Å². The van der Waals surface area contributed by atoms with Gasteiger partial charge in [-0.2, -0.15) is 0 Å². The number of rotatable bonds is 2. The molecule has 0 aromatic carbocycles. The van der Waals surface area contributed by atoms with E-state index in [2.05, 4.69) is 13.8 Å². The van der Waals surface area contributed by atoms with Crippen molar-refractivity contribution < 1.29 is 10.2 Å². The lowest BCUT2D eigenvalue weighted by atomic mass is 9.77. The van der Waals surface area contributed by atoms with Gasteiger partial charge >= 0.3 is 0 Å². The van der Waals surface area contributed by atoms with Crippen molar-refractivity contribution >= 4 is 0 Å². The minimum absolute atomic E-state index is 0.467. The molecule has 0 saturated heterocycles. The van der Waals surface area contributed by atoms with Crippen LogP contribution in [-0.2, 0) is 0 Å². The molecule has 0 bridgehead atoms. The summed E-state index contributed by atoms with van der Waals surface area (Å²) in [6, 6.07) is 0. The van der Waals surface area contributed by atoms with Gasteiger partial charge in [-0.15, -0.1) is 0 Å². The molecule has 0 amide bonds. The Morgan fingerprint density at radius 3 is 2.42 bits per heavy atom. The molecule has 0 aromatic heterocycles. The van der Waals surface area contributed by atoms with Crippen LogP contribution in [0.4, 0.5) is 0 Å². The Labute approximate surface area is 74.6 Å². The van der Waals surface area contributed by atoms with Gasteiger partial charge in [0.2, 0.25) is 0 Å². The standard InChI is InChI=1S/C10H20O2/c1-3-7(2)8-4-5-9(11)10(12)6-8/h7-12H,3-6H2,1-2H3. The van der Waals surface area contributed by atoms with Crippen molar-refractivity contribution in [3.05, 3.63) is 0 Å². The molecule has 1 aliphatic carbocycles. The third-order valence-corrected chi connectivity index (χ3v) is 3.27. The molecule has 4 unspecified atom stereocenters. The van der Waals surface area contributed by atoms with Crippen LogP contribution in [0.1, 0.15) is 39.5 Å². The molecule has 1 saturated carbocycles. The van der Waals surface area contributed by atoms with E-state index in [0.717, 1.165) is 19.3 Å². The quantitative estimate of drug-likeness (QED) is 0.663. The van der Waals surface area contributed by atoms with Crippen molar-refractivity contribution in [3.8, 4) is 0 Å². The molecule has 0 aliphatic heterocycles. The Hall–Kier alpha value is -0.0800. The molecule has 0 spiro atoms. The number of aliphatic hydroxyl groups excluding tert-OH is 2. The fraction of sp³-hybridized carbons (Fsp3) is 1.00. The third-order valence-electron chi connectivity index (χ3n) is 3.27. The summed E-state index contributed by atoms with van der Waals surface area (Å²) in [7, 11) is 0. The van der Waals surface area contributed by atoms with Crippen molar-refractivity contribution in [2.75, 3.05) is 0 Å². The van der Waals surface area contributed by atoms with Crippen LogP contribution in [0.2, 0.25) is 0 Å². The first-order valence-corrected chi connectivity index (χ1v) is 5.01. The zero-order valence-corrected chi connectivity index (χ0v) is 8.03. The third kappa shape index (κ3) is 2.20. The van der Waals surface area contributed by atoms with E-state index < -0.39 is 12.2 Å². The van der Waals surface area contributed by atoms with E-state index in [1.54, 1.807) is 0 Å². The minimum Gasteiger partial charge on any atom is -0.390 e. The molecule has 2 N–H and O–H groups in total. The first-order valence-electron chi connectivity index (χ1n) is 5.01. The summed E-state index contributed by atoms with van der Waals surface area (Å²) in [6.45, 7) is 4.41. The normalized spacial score (nSPS) is 39.5. The van der Waals surface area contributed by atoms with E-state index in [1.165, 1.54) is 6.42 Å². The molecular formula is C10H20O2. The summed E-state index contributed by atoms with van der Waals surface area (Å²) in [4.78, 5) is 0. The summed E-state index contributed by atoms with van der Waals surface area (Å²) >= 11 is 0. The first-order chi connectivity index (χ1) is 5.65. The number of hydrogen-bond acceptors (Lipinski definition) is 2. The maximum atomic E-state index is 9.44. The average molecular weight is 172 g/mol. The highest BCUT2D eigenvalue weighted by Gasteiger charge is 2.29. The predicted molar refractivity (Wildman–Crippen MR) is 48.8 cm³/mol. The average Bonchev–Trinajstić information content (AvgIpc) is 2.08. The molecule has 0 radical (unpaired) electrons. The minimum atomic E-state index is -0.474. The lowest BCUT2D eigenvalue weighted by molar-refractivity contribution is -0.0336. The van der Waals surface area contributed by atoms with Gasteiger partial charge in [-0.25, -0.2) is 0 Å². The van der Waals surface area contributed by atoms with Gasteiger partial charge in [-0.05, 0) is 31.1 Å². The largest absolute Gasteiger partial charge is 0.390 e. The van der Waals surface area contributed by atoms with Crippen LogP contribution in [0.25, 0.3) is 0 Å².